The Hall–Kier alpha value is -2.42. The zero-order valence-corrected chi connectivity index (χ0v) is 12.5. The summed E-state index contributed by atoms with van der Waals surface area (Å²) in [5.74, 6) is 0.493. The molecule has 0 fully saturated rings. The van der Waals surface area contributed by atoms with Gasteiger partial charge in [-0.3, -0.25) is 9.20 Å². The van der Waals surface area contributed by atoms with Gasteiger partial charge >= 0.3 is 0 Å². The maximum Gasteiger partial charge on any atom is 0.169 e. The Balaban J connectivity index is 2.20. The average Bonchev–Trinajstić information content (AvgIpc) is 2.87. The lowest BCUT2D eigenvalue weighted by molar-refractivity contribution is 0.111. The van der Waals surface area contributed by atoms with Crippen molar-refractivity contribution >= 4 is 11.9 Å². The fourth-order valence-electron chi connectivity index (χ4n) is 2.57. The van der Waals surface area contributed by atoms with Crippen LogP contribution in [0.4, 0.5) is 0 Å². The summed E-state index contributed by atoms with van der Waals surface area (Å²) < 4.78 is 1.86. The third-order valence-electron chi connectivity index (χ3n) is 3.84. The van der Waals surface area contributed by atoms with Crippen molar-refractivity contribution in [2.24, 2.45) is 0 Å². The second kappa shape index (κ2) is 5.17. The van der Waals surface area contributed by atoms with Gasteiger partial charge in [0.1, 0.15) is 17.0 Å². The van der Waals surface area contributed by atoms with Crippen molar-refractivity contribution in [1.82, 2.24) is 9.38 Å². The normalized spacial score (nSPS) is 11.2. The molecule has 0 bridgehead atoms. The van der Waals surface area contributed by atoms with Crippen molar-refractivity contribution in [1.29, 1.82) is 0 Å². The van der Waals surface area contributed by atoms with Crippen molar-refractivity contribution < 1.29 is 4.79 Å². The molecule has 0 aliphatic heterocycles. The molecule has 21 heavy (non-hydrogen) atoms. The number of aldehydes is 1. The minimum absolute atomic E-state index is 0.493. The van der Waals surface area contributed by atoms with E-state index in [2.05, 4.69) is 31.0 Å². The van der Waals surface area contributed by atoms with Crippen LogP contribution in [0.3, 0.4) is 0 Å². The Morgan fingerprint density at radius 2 is 1.86 bits per heavy atom. The van der Waals surface area contributed by atoms with Crippen LogP contribution in [-0.4, -0.2) is 15.7 Å². The van der Waals surface area contributed by atoms with Gasteiger partial charge in [-0.2, -0.15) is 0 Å². The van der Waals surface area contributed by atoms with Crippen LogP contribution in [0.1, 0.15) is 41.4 Å². The molecule has 0 aliphatic rings. The molecule has 3 heteroatoms. The topological polar surface area (TPSA) is 34.4 Å². The zero-order valence-electron chi connectivity index (χ0n) is 12.5. The monoisotopic (exact) mass is 278 g/mol. The summed E-state index contributed by atoms with van der Waals surface area (Å²) in [6.07, 6.45) is 2.76. The van der Waals surface area contributed by atoms with Gasteiger partial charge in [-0.15, -0.1) is 0 Å². The molecule has 0 atom stereocenters. The second-order valence-corrected chi connectivity index (χ2v) is 5.63. The predicted molar refractivity (Wildman–Crippen MR) is 84.8 cm³/mol. The summed E-state index contributed by atoms with van der Waals surface area (Å²) >= 11 is 0. The lowest BCUT2D eigenvalue weighted by Crippen LogP contribution is -1.93. The molecule has 0 aliphatic carbocycles. The van der Waals surface area contributed by atoms with Crippen LogP contribution in [0.25, 0.3) is 16.9 Å². The number of carbonyl (C=O) groups excluding carboxylic acids is 1. The third kappa shape index (κ3) is 2.25. The number of nitrogens with zero attached hydrogens (tertiary/aromatic N) is 2. The van der Waals surface area contributed by atoms with E-state index in [9.17, 15) is 4.79 Å². The van der Waals surface area contributed by atoms with Gasteiger partial charge in [0.15, 0.2) is 6.29 Å². The molecule has 0 saturated carbocycles. The van der Waals surface area contributed by atoms with Crippen LogP contribution in [-0.2, 0) is 0 Å². The molecule has 0 saturated heterocycles. The summed E-state index contributed by atoms with van der Waals surface area (Å²) in [7, 11) is 0. The van der Waals surface area contributed by atoms with Gasteiger partial charge in [0.2, 0.25) is 0 Å². The summed E-state index contributed by atoms with van der Waals surface area (Å²) in [6.45, 7) is 6.34. The highest BCUT2D eigenvalue weighted by Crippen LogP contribution is 2.26. The highest BCUT2D eigenvalue weighted by atomic mass is 16.1. The Labute approximate surface area is 124 Å². The molecular weight excluding hydrogens is 260 g/mol. The third-order valence-corrected chi connectivity index (χ3v) is 3.84. The minimum Gasteiger partial charge on any atom is -0.297 e. The number of carbonyl (C=O) groups is 1. The first kappa shape index (κ1) is 13.6. The number of hydrogen-bond donors (Lipinski definition) is 0. The number of aromatic nitrogens is 2. The molecule has 0 unspecified atom stereocenters. The van der Waals surface area contributed by atoms with Gasteiger partial charge in [0.25, 0.3) is 0 Å². The van der Waals surface area contributed by atoms with E-state index in [-0.39, 0.29) is 0 Å². The molecule has 0 radical (unpaired) electrons. The molecular formula is C18H18N2O. The lowest BCUT2D eigenvalue weighted by Gasteiger charge is -2.05. The van der Waals surface area contributed by atoms with Gasteiger partial charge < -0.3 is 0 Å². The van der Waals surface area contributed by atoms with Gasteiger partial charge in [0, 0.05) is 11.8 Å². The molecule has 3 aromatic rings. The number of benzene rings is 1. The minimum atomic E-state index is 0.493. The maximum absolute atomic E-state index is 11.5. The van der Waals surface area contributed by atoms with E-state index < -0.39 is 0 Å². The molecule has 3 rings (SSSR count). The van der Waals surface area contributed by atoms with Gasteiger partial charge in [-0.1, -0.05) is 44.2 Å². The SMILES string of the molecule is Cc1cccn2c(C=O)c(-c3ccc(C(C)C)cc3)nc12. The van der Waals surface area contributed by atoms with Gasteiger partial charge in [0.05, 0.1) is 0 Å². The van der Waals surface area contributed by atoms with E-state index in [4.69, 9.17) is 0 Å². The van der Waals surface area contributed by atoms with Gasteiger partial charge in [-0.25, -0.2) is 4.98 Å². The lowest BCUT2D eigenvalue weighted by atomic mass is 10.0. The fourth-order valence-corrected chi connectivity index (χ4v) is 2.57. The predicted octanol–water partition coefficient (Wildman–Crippen LogP) is 4.25. The Kier molecular flexibility index (Phi) is 3.34. The number of imidazole rings is 1. The van der Waals surface area contributed by atoms with E-state index in [0.717, 1.165) is 28.8 Å². The number of hydrogen-bond acceptors (Lipinski definition) is 2. The Morgan fingerprint density at radius 3 is 2.48 bits per heavy atom. The van der Waals surface area contributed by atoms with Crippen LogP contribution in [0.2, 0.25) is 0 Å². The first-order valence-electron chi connectivity index (χ1n) is 7.15. The Bertz CT molecular complexity index is 798. The van der Waals surface area contributed by atoms with E-state index >= 15 is 0 Å². The summed E-state index contributed by atoms with van der Waals surface area (Å²) in [6, 6.07) is 12.2. The number of fused-ring (bicyclic) bond motifs is 1. The van der Waals surface area contributed by atoms with Crippen LogP contribution in [0.5, 0.6) is 0 Å². The van der Waals surface area contributed by atoms with Crippen LogP contribution in [0, 0.1) is 6.92 Å². The van der Waals surface area contributed by atoms with Crippen LogP contribution >= 0.6 is 0 Å². The zero-order chi connectivity index (χ0) is 15.0. The largest absolute Gasteiger partial charge is 0.297 e. The number of rotatable bonds is 3. The Morgan fingerprint density at radius 1 is 1.14 bits per heavy atom. The van der Waals surface area contributed by atoms with E-state index in [1.807, 2.05) is 41.8 Å². The number of pyridine rings is 1. The summed E-state index contributed by atoms with van der Waals surface area (Å²) in [4.78, 5) is 16.2. The number of aryl methyl sites for hydroxylation is 1. The maximum atomic E-state index is 11.5. The molecule has 2 heterocycles. The van der Waals surface area contributed by atoms with Crippen molar-refractivity contribution in [3.63, 3.8) is 0 Å². The average molecular weight is 278 g/mol. The van der Waals surface area contributed by atoms with Crippen molar-refractivity contribution in [3.05, 3.63) is 59.4 Å². The molecule has 0 amide bonds. The molecule has 106 valence electrons. The quantitative estimate of drug-likeness (QED) is 0.671. The van der Waals surface area contributed by atoms with Crippen molar-refractivity contribution in [2.75, 3.05) is 0 Å². The molecule has 1 aromatic carbocycles. The first-order chi connectivity index (χ1) is 10.1. The standard InChI is InChI=1S/C18H18N2O/c1-12(2)14-6-8-15(9-7-14)17-16(11-21)20-10-4-5-13(3)18(20)19-17/h4-12H,1-3H3. The molecule has 0 N–H and O–H groups in total. The summed E-state index contributed by atoms with van der Waals surface area (Å²) in [5.41, 5.74) is 5.50. The van der Waals surface area contributed by atoms with Crippen LogP contribution in [0.15, 0.2) is 42.6 Å². The first-order valence-corrected chi connectivity index (χ1v) is 7.15. The van der Waals surface area contributed by atoms with Crippen LogP contribution < -0.4 is 0 Å². The fraction of sp³-hybridized carbons (Fsp3) is 0.222. The van der Waals surface area contributed by atoms with E-state index in [0.29, 0.717) is 11.6 Å². The van der Waals surface area contributed by atoms with E-state index in [1.54, 1.807) is 0 Å². The second-order valence-electron chi connectivity index (χ2n) is 5.63. The smallest absolute Gasteiger partial charge is 0.169 e. The molecule has 3 nitrogen and oxygen atoms in total. The highest BCUT2D eigenvalue weighted by Gasteiger charge is 2.14. The summed E-state index contributed by atoms with van der Waals surface area (Å²) in [5, 5.41) is 0. The van der Waals surface area contributed by atoms with Crippen molar-refractivity contribution in [2.45, 2.75) is 26.7 Å². The molecule has 0 spiro atoms. The van der Waals surface area contributed by atoms with E-state index in [1.165, 1.54) is 5.56 Å². The van der Waals surface area contributed by atoms with Gasteiger partial charge in [-0.05, 0) is 30.0 Å². The molecule has 2 aromatic heterocycles. The van der Waals surface area contributed by atoms with Crippen molar-refractivity contribution in [3.8, 4) is 11.3 Å². The highest BCUT2D eigenvalue weighted by molar-refractivity contribution is 5.86.